The van der Waals surface area contributed by atoms with Crippen molar-refractivity contribution in [2.45, 2.75) is 18.5 Å². The largest absolute Gasteiger partial charge is 0.375 e. The molecule has 1 atom stereocenters. The third-order valence-electron chi connectivity index (χ3n) is 5.99. The van der Waals surface area contributed by atoms with E-state index in [2.05, 4.69) is 30.8 Å². The molecular formula is C24H21ClF3N9. The molecule has 190 valence electrons. The van der Waals surface area contributed by atoms with Crippen LogP contribution in [0, 0.1) is 5.41 Å². The van der Waals surface area contributed by atoms with Crippen molar-refractivity contribution in [2.24, 2.45) is 0 Å². The molecule has 13 heteroatoms. The Labute approximate surface area is 214 Å². The van der Waals surface area contributed by atoms with Crippen molar-refractivity contribution in [3.63, 3.8) is 0 Å². The Bertz CT molecular complexity index is 1480. The summed E-state index contributed by atoms with van der Waals surface area (Å²) in [7, 11) is 1.70. The third-order valence-corrected chi connectivity index (χ3v) is 6.29. The van der Waals surface area contributed by atoms with E-state index in [0.29, 0.717) is 33.5 Å². The highest BCUT2D eigenvalue weighted by Crippen LogP contribution is 2.41. The minimum absolute atomic E-state index is 0.0992. The van der Waals surface area contributed by atoms with Crippen LogP contribution in [0.4, 0.5) is 19.0 Å². The first-order chi connectivity index (χ1) is 17.9. The molecule has 1 aliphatic heterocycles. The van der Waals surface area contributed by atoms with Crippen molar-refractivity contribution in [1.29, 1.82) is 5.41 Å². The number of anilines is 1. The molecule has 0 spiro atoms. The summed E-state index contributed by atoms with van der Waals surface area (Å²) in [5.41, 5.74) is 1.29. The van der Waals surface area contributed by atoms with Crippen LogP contribution in [0.15, 0.2) is 60.8 Å². The summed E-state index contributed by atoms with van der Waals surface area (Å²) in [4.78, 5) is 8.04. The number of nitrogens with one attached hydrogen (secondary N) is 3. The van der Waals surface area contributed by atoms with Crippen molar-refractivity contribution in [2.75, 3.05) is 19.0 Å². The standard InChI is InChI=1S/C24H21ClF3N9/c1-30-20(5-6-29)33-21-9-16(17(25)11-32-21)14-8-18-22-34-35-23(24(27,28)19-4-2-3-7-31-19)37(22)15(10-26)13-36(18)12-14/h2-9,11-12,15,29-30H,10,13H2,1H3,(H,32,33)/b20-5+,29-6?/t15-/m0/s1. The van der Waals surface area contributed by atoms with Gasteiger partial charge in [-0.2, -0.15) is 8.78 Å². The lowest BCUT2D eigenvalue weighted by Gasteiger charge is -2.27. The number of aromatic nitrogens is 6. The molecule has 0 radical (unpaired) electrons. The van der Waals surface area contributed by atoms with Crippen molar-refractivity contribution in [1.82, 2.24) is 34.6 Å². The van der Waals surface area contributed by atoms with E-state index >= 15 is 8.78 Å². The lowest BCUT2D eigenvalue weighted by molar-refractivity contribution is 0.0212. The van der Waals surface area contributed by atoms with Crippen molar-refractivity contribution in [3.8, 4) is 22.6 Å². The molecule has 37 heavy (non-hydrogen) atoms. The number of hydrogen-bond acceptors (Lipinski definition) is 7. The van der Waals surface area contributed by atoms with E-state index in [4.69, 9.17) is 17.0 Å². The smallest absolute Gasteiger partial charge is 0.348 e. The minimum atomic E-state index is -3.57. The molecule has 4 aromatic rings. The van der Waals surface area contributed by atoms with Crippen LogP contribution in [0.1, 0.15) is 17.6 Å². The molecule has 0 unspecified atom stereocenters. The number of alkyl halides is 3. The zero-order valence-corrected chi connectivity index (χ0v) is 20.2. The summed E-state index contributed by atoms with van der Waals surface area (Å²) in [6, 6.07) is 6.72. The predicted octanol–water partition coefficient (Wildman–Crippen LogP) is 4.64. The van der Waals surface area contributed by atoms with E-state index in [0.717, 1.165) is 10.8 Å². The fourth-order valence-corrected chi connectivity index (χ4v) is 4.46. The van der Waals surface area contributed by atoms with Gasteiger partial charge in [0.2, 0.25) is 5.82 Å². The van der Waals surface area contributed by atoms with E-state index < -0.39 is 30.2 Å². The lowest BCUT2D eigenvalue weighted by atomic mass is 10.1. The Morgan fingerprint density at radius 3 is 2.81 bits per heavy atom. The average Bonchev–Trinajstić information content (AvgIpc) is 3.54. The van der Waals surface area contributed by atoms with E-state index in [9.17, 15) is 4.39 Å². The molecule has 0 aromatic carbocycles. The van der Waals surface area contributed by atoms with Crippen molar-refractivity contribution >= 4 is 23.6 Å². The van der Waals surface area contributed by atoms with Crippen LogP contribution in [0.5, 0.6) is 0 Å². The maximum atomic E-state index is 15.4. The molecule has 5 heterocycles. The van der Waals surface area contributed by atoms with E-state index in [1.807, 2.05) is 0 Å². The van der Waals surface area contributed by atoms with Gasteiger partial charge in [0.1, 0.15) is 24.0 Å². The molecular weight excluding hydrogens is 507 g/mol. The Morgan fingerprint density at radius 2 is 2.11 bits per heavy atom. The predicted molar refractivity (Wildman–Crippen MR) is 133 cm³/mol. The molecule has 0 fully saturated rings. The number of allylic oxidation sites excluding steroid dienone is 1. The van der Waals surface area contributed by atoms with Gasteiger partial charge in [0.15, 0.2) is 5.82 Å². The first-order valence-electron chi connectivity index (χ1n) is 11.2. The molecule has 0 aliphatic carbocycles. The highest BCUT2D eigenvalue weighted by Gasteiger charge is 2.44. The fourth-order valence-electron chi connectivity index (χ4n) is 4.25. The first kappa shape index (κ1) is 24.5. The summed E-state index contributed by atoms with van der Waals surface area (Å²) < 4.78 is 47.8. The topological polar surface area (TPSA) is 109 Å². The van der Waals surface area contributed by atoms with Crippen LogP contribution in [0.25, 0.3) is 22.6 Å². The van der Waals surface area contributed by atoms with Crippen molar-refractivity contribution in [3.05, 3.63) is 77.4 Å². The van der Waals surface area contributed by atoms with Gasteiger partial charge < -0.3 is 20.6 Å². The number of fused-ring (bicyclic) bond motifs is 3. The molecule has 5 rings (SSSR count). The van der Waals surface area contributed by atoms with Crippen LogP contribution in [0.3, 0.4) is 0 Å². The summed E-state index contributed by atoms with van der Waals surface area (Å²) in [6.07, 6.45) is 7.16. The van der Waals surface area contributed by atoms with Gasteiger partial charge >= 0.3 is 5.92 Å². The molecule has 0 bridgehead atoms. The normalized spacial score (nSPS) is 15.2. The third kappa shape index (κ3) is 4.33. The van der Waals surface area contributed by atoms with E-state index in [1.165, 1.54) is 36.7 Å². The Hall–Kier alpha value is -4.19. The maximum absolute atomic E-state index is 15.4. The number of pyridine rings is 2. The van der Waals surface area contributed by atoms with E-state index in [1.54, 1.807) is 29.9 Å². The van der Waals surface area contributed by atoms with Gasteiger partial charge in [0, 0.05) is 49.5 Å². The van der Waals surface area contributed by atoms with E-state index in [-0.39, 0.29) is 12.4 Å². The zero-order valence-electron chi connectivity index (χ0n) is 19.5. The highest BCUT2D eigenvalue weighted by molar-refractivity contribution is 6.33. The number of rotatable bonds is 8. The van der Waals surface area contributed by atoms with Crippen LogP contribution in [0.2, 0.25) is 5.02 Å². The number of hydrogen-bond donors (Lipinski definition) is 3. The minimum Gasteiger partial charge on any atom is -0.375 e. The molecule has 1 aliphatic rings. The van der Waals surface area contributed by atoms with Crippen LogP contribution < -0.4 is 10.6 Å². The van der Waals surface area contributed by atoms with Gasteiger partial charge in [-0.25, -0.2) is 9.37 Å². The molecule has 3 N–H and O–H groups in total. The SMILES string of the molecule is CN/C(=C\C=N)Nc1cc(-c2cc3n(c2)C[C@H](CF)n2c-3nnc2C(F)(F)c2ccccn2)c(Cl)cn1. The van der Waals surface area contributed by atoms with Gasteiger partial charge in [-0.1, -0.05) is 17.7 Å². The quantitative estimate of drug-likeness (QED) is 0.288. The molecule has 4 aromatic heterocycles. The molecule has 0 saturated carbocycles. The summed E-state index contributed by atoms with van der Waals surface area (Å²) in [5, 5.41) is 21.4. The van der Waals surface area contributed by atoms with Gasteiger partial charge in [0.05, 0.1) is 16.8 Å². The number of halogens is 4. The summed E-state index contributed by atoms with van der Waals surface area (Å²) >= 11 is 6.45. The maximum Gasteiger partial charge on any atom is 0.348 e. The van der Waals surface area contributed by atoms with Crippen LogP contribution in [-0.4, -0.2) is 49.2 Å². The van der Waals surface area contributed by atoms with Crippen LogP contribution in [-0.2, 0) is 12.5 Å². The van der Waals surface area contributed by atoms with Gasteiger partial charge in [0.25, 0.3) is 0 Å². The average molecular weight is 528 g/mol. The van der Waals surface area contributed by atoms with Gasteiger partial charge in [-0.3, -0.25) is 9.55 Å². The second kappa shape index (κ2) is 9.69. The van der Waals surface area contributed by atoms with Gasteiger partial charge in [-0.05, 0) is 30.3 Å². The fraction of sp³-hybridized carbons (Fsp3) is 0.208. The summed E-state index contributed by atoms with van der Waals surface area (Å²) in [5.74, 6) is -3.09. The lowest BCUT2D eigenvalue weighted by Crippen LogP contribution is -2.30. The second-order valence-corrected chi connectivity index (χ2v) is 8.66. The first-order valence-corrected chi connectivity index (χ1v) is 11.6. The summed E-state index contributed by atoms with van der Waals surface area (Å²) in [6.45, 7) is -0.790. The molecule has 0 amide bonds. The number of nitrogens with zero attached hydrogens (tertiary/aromatic N) is 6. The zero-order chi connectivity index (χ0) is 26.2. The van der Waals surface area contributed by atoms with Crippen LogP contribution >= 0.6 is 11.6 Å². The highest BCUT2D eigenvalue weighted by atomic mass is 35.5. The molecule has 0 saturated heterocycles. The molecule has 9 nitrogen and oxygen atoms in total. The monoisotopic (exact) mass is 527 g/mol. The Kier molecular flexibility index (Phi) is 6.42. The Morgan fingerprint density at radius 1 is 1.27 bits per heavy atom. The second-order valence-electron chi connectivity index (χ2n) is 8.25. The van der Waals surface area contributed by atoms with Crippen molar-refractivity contribution < 1.29 is 13.2 Å². The van der Waals surface area contributed by atoms with Gasteiger partial charge in [-0.15, -0.1) is 10.2 Å². The Balaban J connectivity index is 1.57.